The van der Waals surface area contributed by atoms with E-state index < -0.39 is 6.04 Å². The van der Waals surface area contributed by atoms with E-state index >= 15 is 0 Å². The second-order valence-corrected chi connectivity index (χ2v) is 5.41. The summed E-state index contributed by atoms with van der Waals surface area (Å²) < 4.78 is 0.740. The van der Waals surface area contributed by atoms with Crippen LogP contribution >= 0.6 is 15.9 Å². The minimum atomic E-state index is -0.394. The highest BCUT2D eigenvalue weighted by molar-refractivity contribution is 9.10. The number of nitrogens with one attached hydrogen (secondary N) is 1. The SMILES string of the molecule is Cc1ccc(Br)c(C(=O)NC2CCN(C)C2=O)c1. The van der Waals surface area contributed by atoms with Crippen LogP contribution in [0.4, 0.5) is 0 Å². The Labute approximate surface area is 114 Å². The highest BCUT2D eigenvalue weighted by atomic mass is 79.9. The van der Waals surface area contributed by atoms with Gasteiger partial charge in [-0.2, -0.15) is 0 Å². The lowest BCUT2D eigenvalue weighted by Gasteiger charge is -2.13. The van der Waals surface area contributed by atoms with Gasteiger partial charge in [0.25, 0.3) is 5.91 Å². The number of rotatable bonds is 2. The van der Waals surface area contributed by atoms with E-state index in [0.717, 1.165) is 10.0 Å². The molecule has 1 aliphatic heterocycles. The molecule has 1 unspecified atom stereocenters. The van der Waals surface area contributed by atoms with E-state index in [1.165, 1.54) is 0 Å². The minimum Gasteiger partial charge on any atom is -0.344 e. The number of carbonyl (C=O) groups excluding carboxylic acids is 2. The summed E-state index contributed by atoms with van der Waals surface area (Å²) in [5.74, 6) is -0.230. The number of hydrogen-bond donors (Lipinski definition) is 1. The first kappa shape index (κ1) is 13.1. The molecule has 18 heavy (non-hydrogen) atoms. The van der Waals surface area contributed by atoms with Gasteiger partial charge in [-0.05, 0) is 41.4 Å². The van der Waals surface area contributed by atoms with Gasteiger partial charge in [-0.3, -0.25) is 9.59 Å². The zero-order chi connectivity index (χ0) is 13.3. The average Bonchev–Trinajstić information content (AvgIpc) is 2.64. The van der Waals surface area contributed by atoms with Crippen molar-refractivity contribution in [2.45, 2.75) is 19.4 Å². The molecule has 1 saturated heterocycles. The standard InChI is InChI=1S/C13H15BrN2O2/c1-8-3-4-10(14)9(7-8)12(17)15-11-5-6-16(2)13(11)18/h3-4,7,11H,5-6H2,1-2H3,(H,15,17). The molecule has 0 saturated carbocycles. The number of likely N-dealkylation sites (N-methyl/N-ethyl adjacent to an activating group) is 1. The Morgan fingerprint density at radius 1 is 1.50 bits per heavy atom. The van der Waals surface area contributed by atoms with Crippen molar-refractivity contribution in [3.8, 4) is 0 Å². The van der Waals surface area contributed by atoms with Crippen LogP contribution in [0.25, 0.3) is 0 Å². The van der Waals surface area contributed by atoms with Crippen molar-refractivity contribution < 1.29 is 9.59 Å². The van der Waals surface area contributed by atoms with Crippen LogP contribution in [0.15, 0.2) is 22.7 Å². The summed E-state index contributed by atoms with van der Waals surface area (Å²) in [7, 11) is 1.75. The molecule has 96 valence electrons. The fraction of sp³-hybridized carbons (Fsp3) is 0.385. The van der Waals surface area contributed by atoms with Gasteiger partial charge < -0.3 is 10.2 Å². The summed E-state index contributed by atoms with van der Waals surface area (Å²) in [6.07, 6.45) is 0.671. The first-order valence-electron chi connectivity index (χ1n) is 5.81. The topological polar surface area (TPSA) is 49.4 Å². The number of halogens is 1. The van der Waals surface area contributed by atoms with E-state index in [9.17, 15) is 9.59 Å². The highest BCUT2D eigenvalue weighted by Gasteiger charge is 2.30. The summed E-state index contributed by atoms with van der Waals surface area (Å²) in [6.45, 7) is 2.62. The van der Waals surface area contributed by atoms with Gasteiger partial charge in [0.1, 0.15) is 6.04 Å². The van der Waals surface area contributed by atoms with Gasteiger partial charge in [0.15, 0.2) is 0 Å². The molecule has 1 atom stereocenters. The fourth-order valence-electron chi connectivity index (χ4n) is 2.01. The smallest absolute Gasteiger partial charge is 0.253 e. The predicted molar refractivity (Wildman–Crippen MR) is 72.4 cm³/mol. The van der Waals surface area contributed by atoms with Crippen LogP contribution in [0.3, 0.4) is 0 Å². The Hall–Kier alpha value is -1.36. The molecule has 1 aliphatic rings. The molecule has 1 aromatic rings. The molecule has 2 amide bonds. The third-order valence-corrected chi connectivity index (χ3v) is 3.79. The zero-order valence-electron chi connectivity index (χ0n) is 10.4. The van der Waals surface area contributed by atoms with Crippen molar-refractivity contribution in [3.63, 3.8) is 0 Å². The van der Waals surface area contributed by atoms with Crippen LogP contribution < -0.4 is 5.32 Å². The molecule has 0 aromatic heterocycles. The van der Waals surface area contributed by atoms with Gasteiger partial charge in [-0.1, -0.05) is 11.6 Å². The van der Waals surface area contributed by atoms with Crippen molar-refractivity contribution in [1.29, 1.82) is 0 Å². The number of benzene rings is 1. The third kappa shape index (κ3) is 2.56. The maximum absolute atomic E-state index is 12.1. The van der Waals surface area contributed by atoms with E-state index in [1.807, 2.05) is 25.1 Å². The average molecular weight is 311 g/mol. The largest absolute Gasteiger partial charge is 0.344 e. The summed E-state index contributed by atoms with van der Waals surface area (Å²) in [6, 6.07) is 5.18. The lowest BCUT2D eigenvalue weighted by Crippen LogP contribution is -2.40. The number of nitrogens with zero attached hydrogens (tertiary/aromatic N) is 1. The number of aryl methyl sites for hydroxylation is 1. The Kier molecular flexibility index (Phi) is 3.71. The van der Waals surface area contributed by atoms with Gasteiger partial charge in [-0.25, -0.2) is 0 Å². The normalized spacial score (nSPS) is 19.2. The number of likely N-dealkylation sites (tertiary alicyclic amines) is 1. The number of carbonyl (C=O) groups is 2. The van der Waals surface area contributed by atoms with Crippen LogP contribution in [-0.2, 0) is 4.79 Å². The Morgan fingerprint density at radius 2 is 2.22 bits per heavy atom. The van der Waals surface area contributed by atoms with Gasteiger partial charge in [0.05, 0.1) is 5.56 Å². The molecular formula is C13H15BrN2O2. The Bertz CT molecular complexity index is 502. The van der Waals surface area contributed by atoms with Crippen molar-refractivity contribution >= 4 is 27.7 Å². The van der Waals surface area contributed by atoms with Gasteiger partial charge >= 0.3 is 0 Å². The monoisotopic (exact) mass is 310 g/mol. The molecule has 0 radical (unpaired) electrons. The van der Waals surface area contributed by atoms with E-state index in [0.29, 0.717) is 18.5 Å². The molecule has 5 heteroatoms. The van der Waals surface area contributed by atoms with Crippen molar-refractivity contribution in [1.82, 2.24) is 10.2 Å². The van der Waals surface area contributed by atoms with Crippen LogP contribution in [-0.4, -0.2) is 36.3 Å². The van der Waals surface area contributed by atoms with E-state index in [-0.39, 0.29) is 11.8 Å². The van der Waals surface area contributed by atoms with Crippen molar-refractivity contribution in [3.05, 3.63) is 33.8 Å². The summed E-state index contributed by atoms with van der Waals surface area (Å²) in [4.78, 5) is 25.5. The molecule has 4 nitrogen and oxygen atoms in total. The third-order valence-electron chi connectivity index (χ3n) is 3.10. The highest BCUT2D eigenvalue weighted by Crippen LogP contribution is 2.19. The maximum atomic E-state index is 12.1. The zero-order valence-corrected chi connectivity index (χ0v) is 12.0. The molecule has 1 N–H and O–H groups in total. The fourth-order valence-corrected chi connectivity index (χ4v) is 2.43. The molecule has 0 aliphatic carbocycles. The van der Waals surface area contributed by atoms with Crippen LogP contribution in [0.2, 0.25) is 0 Å². The molecule has 2 rings (SSSR count). The molecule has 0 spiro atoms. The second kappa shape index (κ2) is 5.10. The number of amides is 2. The molecule has 0 bridgehead atoms. The van der Waals surface area contributed by atoms with Gasteiger partial charge in [-0.15, -0.1) is 0 Å². The van der Waals surface area contributed by atoms with E-state index in [1.54, 1.807) is 11.9 Å². The molecule has 1 heterocycles. The Morgan fingerprint density at radius 3 is 2.83 bits per heavy atom. The maximum Gasteiger partial charge on any atom is 0.253 e. The van der Waals surface area contributed by atoms with Crippen LogP contribution in [0.5, 0.6) is 0 Å². The van der Waals surface area contributed by atoms with Crippen LogP contribution in [0, 0.1) is 6.92 Å². The van der Waals surface area contributed by atoms with Gasteiger partial charge in [0, 0.05) is 18.1 Å². The lowest BCUT2D eigenvalue weighted by molar-refractivity contribution is -0.128. The predicted octanol–water partition coefficient (Wildman–Crippen LogP) is 1.72. The van der Waals surface area contributed by atoms with Crippen molar-refractivity contribution in [2.75, 3.05) is 13.6 Å². The molecular weight excluding hydrogens is 296 g/mol. The van der Waals surface area contributed by atoms with E-state index in [2.05, 4.69) is 21.2 Å². The van der Waals surface area contributed by atoms with Gasteiger partial charge in [0.2, 0.25) is 5.91 Å². The number of hydrogen-bond acceptors (Lipinski definition) is 2. The molecule has 1 fully saturated rings. The van der Waals surface area contributed by atoms with E-state index in [4.69, 9.17) is 0 Å². The summed E-state index contributed by atoms with van der Waals surface area (Å²) >= 11 is 3.35. The first-order chi connectivity index (χ1) is 8.49. The quantitative estimate of drug-likeness (QED) is 0.904. The molecule has 1 aromatic carbocycles. The van der Waals surface area contributed by atoms with Crippen LogP contribution in [0.1, 0.15) is 22.3 Å². The first-order valence-corrected chi connectivity index (χ1v) is 6.60. The summed E-state index contributed by atoms with van der Waals surface area (Å²) in [5, 5.41) is 2.78. The lowest BCUT2D eigenvalue weighted by atomic mass is 10.1. The summed E-state index contributed by atoms with van der Waals surface area (Å²) in [5.41, 5.74) is 1.58. The Balaban J connectivity index is 2.13. The minimum absolute atomic E-state index is 0.0212. The second-order valence-electron chi connectivity index (χ2n) is 4.56. The van der Waals surface area contributed by atoms with Crippen molar-refractivity contribution in [2.24, 2.45) is 0 Å².